The molecule has 12 heavy (non-hydrogen) atoms. The van der Waals surface area contributed by atoms with E-state index in [1.54, 1.807) is 22.6 Å². The van der Waals surface area contributed by atoms with Crippen LogP contribution in [0.15, 0.2) is 17.1 Å². The van der Waals surface area contributed by atoms with Gasteiger partial charge in [-0.15, -0.1) is 0 Å². The fourth-order valence-electron chi connectivity index (χ4n) is 0.709. The number of nitrogens with zero attached hydrogens (tertiary/aromatic N) is 1. The van der Waals surface area contributed by atoms with Crippen LogP contribution >= 0.6 is 22.6 Å². The van der Waals surface area contributed by atoms with Crippen LogP contribution in [-0.2, 0) is 4.79 Å². The molecule has 1 rings (SSSR count). The summed E-state index contributed by atoms with van der Waals surface area (Å²) in [6, 6.07) is 2.05. The van der Waals surface area contributed by atoms with Crippen LogP contribution in [0.2, 0.25) is 0 Å². The highest BCUT2D eigenvalue weighted by Gasteiger charge is 2.06. The van der Waals surface area contributed by atoms with Gasteiger partial charge in [0.2, 0.25) is 6.08 Å². The van der Waals surface area contributed by atoms with E-state index in [2.05, 4.69) is 4.99 Å². The molecule has 1 N–H and O–H groups in total. The standard InChI is InChI=1S/C7H3FINO2/c8-4-1-5(9)7(10-3-11)6(12)2-4/h1-2,12H. The molecular weight excluding hydrogens is 276 g/mol. The third-order valence-corrected chi connectivity index (χ3v) is 1.99. The summed E-state index contributed by atoms with van der Waals surface area (Å²) in [6.07, 6.45) is 1.27. The van der Waals surface area contributed by atoms with E-state index in [9.17, 15) is 9.18 Å². The molecule has 0 radical (unpaired) electrons. The molecule has 62 valence electrons. The van der Waals surface area contributed by atoms with Gasteiger partial charge in [0.05, 0.1) is 0 Å². The molecule has 5 heteroatoms. The van der Waals surface area contributed by atoms with Gasteiger partial charge in [0, 0.05) is 9.64 Å². The first-order valence-electron chi connectivity index (χ1n) is 2.91. The number of phenolic OH excluding ortho intramolecular Hbond substituents is 1. The maximum atomic E-state index is 12.5. The number of benzene rings is 1. The van der Waals surface area contributed by atoms with E-state index in [0.717, 1.165) is 12.1 Å². The number of isocyanates is 1. The fourth-order valence-corrected chi connectivity index (χ4v) is 1.40. The lowest BCUT2D eigenvalue weighted by atomic mass is 10.3. The Hall–Kier alpha value is -0.940. The minimum Gasteiger partial charge on any atom is -0.506 e. The number of halogens is 2. The summed E-state index contributed by atoms with van der Waals surface area (Å²) in [6.45, 7) is 0. The molecule has 1 aromatic rings. The van der Waals surface area contributed by atoms with Crippen molar-refractivity contribution in [3.05, 3.63) is 21.5 Å². The van der Waals surface area contributed by atoms with Gasteiger partial charge in [0.25, 0.3) is 0 Å². The summed E-state index contributed by atoms with van der Waals surface area (Å²) in [4.78, 5) is 13.1. The van der Waals surface area contributed by atoms with Gasteiger partial charge in [-0.3, -0.25) is 0 Å². The van der Waals surface area contributed by atoms with E-state index >= 15 is 0 Å². The number of carbonyl (C=O) groups excluding carboxylic acids is 1. The van der Waals surface area contributed by atoms with Crippen LogP contribution in [-0.4, -0.2) is 11.2 Å². The Morgan fingerprint density at radius 2 is 2.25 bits per heavy atom. The van der Waals surface area contributed by atoms with Gasteiger partial charge in [-0.2, -0.15) is 4.99 Å². The highest BCUT2D eigenvalue weighted by Crippen LogP contribution is 2.31. The Bertz CT molecular complexity index is 337. The first kappa shape index (κ1) is 9.15. The molecule has 3 nitrogen and oxygen atoms in total. The van der Waals surface area contributed by atoms with Crippen molar-refractivity contribution in [3.8, 4) is 5.75 Å². The second kappa shape index (κ2) is 3.64. The smallest absolute Gasteiger partial charge is 0.240 e. The summed E-state index contributed by atoms with van der Waals surface area (Å²) in [7, 11) is 0. The lowest BCUT2D eigenvalue weighted by molar-refractivity contribution is 0.470. The molecular formula is C7H3FINO2. The van der Waals surface area contributed by atoms with Gasteiger partial charge in [-0.25, -0.2) is 9.18 Å². The molecule has 0 aliphatic heterocycles. The Labute approximate surface area is 81.1 Å². The molecule has 0 aliphatic carbocycles. The summed E-state index contributed by atoms with van der Waals surface area (Å²) in [5, 5.41) is 9.09. The van der Waals surface area contributed by atoms with E-state index in [0.29, 0.717) is 3.57 Å². The quantitative estimate of drug-likeness (QED) is 0.486. The number of rotatable bonds is 1. The molecule has 0 saturated heterocycles. The first-order valence-corrected chi connectivity index (χ1v) is 3.99. The summed E-state index contributed by atoms with van der Waals surface area (Å²) in [5.41, 5.74) is 0.0481. The van der Waals surface area contributed by atoms with Crippen LogP contribution in [0.25, 0.3) is 0 Å². The molecule has 0 saturated carbocycles. The summed E-state index contributed by atoms with van der Waals surface area (Å²) in [5.74, 6) is -0.926. The minimum absolute atomic E-state index is 0.0481. The van der Waals surface area contributed by atoms with Crippen molar-refractivity contribution in [1.29, 1.82) is 0 Å². The molecule has 0 fully saturated rings. The van der Waals surface area contributed by atoms with Crippen molar-refractivity contribution in [3.63, 3.8) is 0 Å². The third kappa shape index (κ3) is 1.80. The predicted molar refractivity (Wildman–Crippen MR) is 48.6 cm³/mol. The Morgan fingerprint density at radius 1 is 1.58 bits per heavy atom. The van der Waals surface area contributed by atoms with E-state index < -0.39 is 5.82 Å². The van der Waals surface area contributed by atoms with Crippen molar-refractivity contribution in [2.75, 3.05) is 0 Å². The highest BCUT2D eigenvalue weighted by atomic mass is 127. The number of hydrogen-bond acceptors (Lipinski definition) is 3. The van der Waals surface area contributed by atoms with Gasteiger partial charge in [0.1, 0.15) is 17.3 Å². The van der Waals surface area contributed by atoms with Gasteiger partial charge >= 0.3 is 0 Å². The number of aliphatic imine (C=N–C) groups is 1. The van der Waals surface area contributed by atoms with Gasteiger partial charge in [-0.05, 0) is 28.7 Å². The molecule has 0 aromatic heterocycles. The van der Waals surface area contributed by atoms with Crippen LogP contribution in [0, 0.1) is 9.39 Å². The Kier molecular flexibility index (Phi) is 2.78. The average Bonchev–Trinajstić information content (AvgIpc) is 1.96. The van der Waals surface area contributed by atoms with Crippen LogP contribution in [0.3, 0.4) is 0 Å². The lowest BCUT2D eigenvalue weighted by Crippen LogP contribution is -1.79. The summed E-state index contributed by atoms with van der Waals surface area (Å²) < 4.78 is 12.9. The van der Waals surface area contributed by atoms with Crippen LogP contribution in [0.5, 0.6) is 5.75 Å². The molecule has 0 bridgehead atoms. The van der Waals surface area contributed by atoms with Crippen LogP contribution in [0.4, 0.5) is 10.1 Å². The largest absolute Gasteiger partial charge is 0.506 e. The van der Waals surface area contributed by atoms with E-state index in [1.165, 1.54) is 6.08 Å². The van der Waals surface area contributed by atoms with Gasteiger partial charge in [-0.1, -0.05) is 0 Å². The highest BCUT2D eigenvalue weighted by molar-refractivity contribution is 14.1. The maximum Gasteiger partial charge on any atom is 0.240 e. The number of aromatic hydroxyl groups is 1. The fraction of sp³-hybridized carbons (Fsp3) is 0. The van der Waals surface area contributed by atoms with Crippen molar-refractivity contribution >= 4 is 34.4 Å². The monoisotopic (exact) mass is 279 g/mol. The number of hydrogen-bond donors (Lipinski definition) is 1. The molecule has 0 unspecified atom stereocenters. The molecule has 0 heterocycles. The van der Waals surface area contributed by atoms with Gasteiger partial charge in [0.15, 0.2) is 0 Å². The zero-order chi connectivity index (χ0) is 9.14. The molecule has 0 spiro atoms. The number of phenols is 1. The molecule has 0 atom stereocenters. The zero-order valence-electron chi connectivity index (χ0n) is 5.71. The van der Waals surface area contributed by atoms with E-state index in [4.69, 9.17) is 5.11 Å². The normalized spacial score (nSPS) is 9.17. The summed E-state index contributed by atoms with van der Waals surface area (Å²) >= 11 is 1.76. The molecule has 0 amide bonds. The second-order valence-corrected chi connectivity index (χ2v) is 3.12. The van der Waals surface area contributed by atoms with Crippen molar-refractivity contribution < 1.29 is 14.3 Å². The molecule has 0 aliphatic rings. The first-order chi connectivity index (χ1) is 5.65. The predicted octanol–water partition coefficient (Wildman–Crippen LogP) is 2.10. The SMILES string of the molecule is O=C=Nc1c(O)cc(F)cc1I. The third-order valence-electron chi connectivity index (χ3n) is 1.17. The molecule has 1 aromatic carbocycles. The van der Waals surface area contributed by atoms with E-state index in [-0.39, 0.29) is 11.4 Å². The Morgan fingerprint density at radius 3 is 2.75 bits per heavy atom. The van der Waals surface area contributed by atoms with E-state index in [1.807, 2.05) is 0 Å². The zero-order valence-corrected chi connectivity index (χ0v) is 7.87. The Balaban J connectivity index is 3.37. The maximum absolute atomic E-state index is 12.5. The lowest BCUT2D eigenvalue weighted by Gasteiger charge is -1.99. The average molecular weight is 279 g/mol. The van der Waals surface area contributed by atoms with Crippen molar-refractivity contribution in [2.45, 2.75) is 0 Å². The van der Waals surface area contributed by atoms with Crippen LogP contribution in [0.1, 0.15) is 0 Å². The van der Waals surface area contributed by atoms with Crippen molar-refractivity contribution in [2.24, 2.45) is 4.99 Å². The second-order valence-electron chi connectivity index (χ2n) is 1.96. The topological polar surface area (TPSA) is 49.7 Å². The van der Waals surface area contributed by atoms with Crippen LogP contribution < -0.4 is 0 Å². The van der Waals surface area contributed by atoms with Crippen molar-refractivity contribution in [1.82, 2.24) is 0 Å². The minimum atomic E-state index is -0.568. The van der Waals surface area contributed by atoms with Gasteiger partial charge < -0.3 is 5.11 Å².